The van der Waals surface area contributed by atoms with Crippen molar-refractivity contribution in [1.82, 2.24) is 0 Å². The molecule has 33 heavy (non-hydrogen) atoms. The molecule has 10 heteroatoms. The molecule has 0 radical (unpaired) electrons. The van der Waals surface area contributed by atoms with E-state index >= 15 is 0 Å². The summed E-state index contributed by atoms with van der Waals surface area (Å²) in [7, 11) is -1.59. The van der Waals surface area contributed by atoms with E-state index in [1.807, 2.05) is 4.90 Å². The van der Waals surface area contributed by atoms with Crippen molar-refractivity contribution in [2.75, 3.05) is 42.6 Å². The van der Waals surface area contributed by atoms with E-state index < -0.39 is 25.1 Å². The van der Waals surface area contributed by atoms with Crippen molar-refractivity contribution in [1.29, 1.82) is 0 Å². The standard InChI is InChI=1S/C23H26BFN2O6/c25-21-14-18(4-7-22(21)26-8-10-32-11-9-26)27-15-20(33-23(27)29)6-5-19(28)13-16-2-1-3-17(12-16)24(30)31/h1-4,7,12,14,20,30-31H,5-6,8-11,13,15H2/t20-/m0/s1. The SMILES string of the molecule is O=C(CC[C@H]1CN(c2ccc(N3CCOCC3)c(F)c2)C(=O)O1)Cc1cccc(B(O)O)c1. The van der Waals surface area contributed by atoms with Crippen LogP contribution in [0.1, 0.15) is 18.4 Å². The summed E-state index contributed by atoms with van der Waals surface area (Å²) in [4.78, 5) is 28.0. The minimum atomic E-state index is -1.59. The zero-order valence-electron chi connectivity index (χ0n) is 18.2. The highest BCUT2D eigenvalue weighted by Crippen LogP contribution is 2.29. The summed E-state index contributed by atoms with van der Waals surface area (Å²) in [5.41, 5.74) is 1.91. The molecule has 2 aliphatic rings. The van der Waals surface area contributed by atoms with Gasteiger partial charge in [-0.1, -0.05) is 24.3 Å². The van der Waals surface area contributed by atoms with E-state index in [-0.39, 0.29) is 25.2 Å². The van der Waals surface area contributed by atoms with Crippen molar-refractivity contribution in [3.63, 3.8) is 0 Å². The van der Waals surface area contributed by atoms with Crippen LogP contribution >= 0.6 is 0 Å². The van der Waals surface area contributed by atoms with Gasteiger partial charge in [-0.15, -0.1) is 0 Å². The number of hydrogen-bond donors (Lipinski definition) is 2. The molecule has 1 amide bonds. The average molecular weight is 456 g/mol. The maximum absolute atomic E-state index is 14.7. The fourth-order valence-corrected chi connectivity index (χ4v) is 4.11. The minimum absolute atomic E-state index is 0.0463. The number of ether oxygens (including phenoxy) is 2. The maximum atomic E-state index is 14.7. The third kappa shape index (κ3) is 5.71. The van der Waals surface area contributed by atoms with Crippen molar-refractivity contribution in [3.05, 3.63) is 53.8 Å². The molecule has 2 fully saturated rings. The van der Waals surface area contributed by atoms with Gasteiger partial charge in [0.25, 0.3) is 0 Å². The molecule has 2 aromatic rings. The number of anilines is 2. The largest absolute Gasteiger partial charge is 0.488 e. The summed E-state index contributed by atoms with van der Waals surface area (Å²) in [6.45, 7) is 2.57. The monoisotopic (exact) mass is 456 g/mol. The quantitative estimate of drug-likeness (QED) is 0.577. The lowest BCUT2D eigenvalue weighted by molar-refractivity contribution is -0.118. The number of amides is 1. The second-order valence-corrected chi connectivity index (χ2v) is 8.22. The normalized spacial score (nSPS) is 18.4. The minimum Gasteiger partial charge on any atom is -0.444 e. The summed E-state index contributed by atoms with van der Waals surface area (Å²) in [5, 5.41) is 18.5. The van der Waals surface area contributed by atoms with Gasteiger partial charge in [-0.25, -0.2) is 9.18 Å². The van der Waals surface area contributed by atoms with E-state index in [4.69, 9.17) is 9.47 Å². The molecule has 2 saturated heterocycles. The highest BCUT2D eigenvalue weighted by Gasteiger charge is 2.33. The summed E-state index contributed by atoms with van der Waals surface area (Å²) < 4.78 is 25.4. The van der Waals surface area contributed by atoms with Crippen LogP contribution < -0.4 is 15.3 Å². The molecule has 0 spiro atoms. The van der Waals surface area contributed by atoms with E-state index in [0.29, 0.717) is 55.1 Å². The van der Waals surface area contributed by atoms with Crippen molar-refractivity contribution >= 4 is 35.8 Å². The van der Waals surface area contributed by atoms with E-state index in [1.165, 1.54) is 11.0 Å². The van der Waals surface area contributed by atoms with Gasteiger partial charge in [0.05, 0.1) is 31.1 Å². The first kappa shape index (κ1) is 23.2. The molecule has 0 unspecified atom stereocenters. The Labute approximate surface area is 191 Å². The number of ketones is 1. The molecule has 0 aliphatic carbocycles. The summed E-state index contributed by atoms with van der Waals surface area (Å²) >= 11 is 0. The second-order valence-electron chi connectivity index (χ2n) is 8.22. The van der Waals surface area contributed by atoms with Crippen molar-refractivity contribution in [2.45, 2.75) is 25.4 Å². The van der Waals surface area contributed by atoms with Gasteiger partial charge in [0.15, 0.2) is 0 Å². The van der Waals surface area contributed by atoms with E-state index in [0.717, 1.165) is 0 Å². The molecule has 174 valence electrons. The molecule has 2 aromatic carbocycles. The van der Waals surface area contributed by atoms with Gasteiger partial charge in [0, 0.05) is 25.9 Å². The van der Waals surface area contributed by atoms with Crippen LogP contribution in [-0.2, 0) is 20.7 Å². The lowest BCUT2D eigenvalue weighted by Crippen LogP contribution is -2.36. The molecule has 1 atom stereocenters. The summed E-state index contributed by atoms with van der Waals surface area (Å²) in [5.74, 6) is -0.453. The Morgan fingerprint density at radius 1 is 1.15 bits per heavy atom. The molecular formula is C23H26BFN2O6. The predicted octanol–water partition coefficient (Wildman–Crippen LogP) is 1.26. The molecule has 0 saturated carbocycles. The Bertz CT molecular complexity index is 1010. The van der Waals surface area contributed by atoms with Crippen LogP contribution in [-0.4, -0.2) is 68.0 Å². The highest BCUT2D eigenvalue weighted by atomic mass is 19.1. The first-order valence-corrected chi connectivity index (χ1v) is 11.0. The molecule has 0 aromatic heterocycles. The zero-order valence-corrected chi connectivity index (χ0v) is 18.2. The molecule has 4 rings (SSSR count). The number of benzene rings is 2. The number of halogens is 1. The van der Waals surface area contributed by atoms with Gasteiger partial charge >= 0.3 is 13.2 Å². The third-order valence-electron chi connectivity index (χ3n) is 5.86. The first-order chi connectivity index (χ1) is 15.9. The smallest absolute Gasteiger partial charge is 0.444 e. The number of Topliss-reactive ketones (excluding diaryl/α,β-unsaturated/α-hetero) is 1. The predicted molar refractivity (Wildman–Crippen MR) is 121 cm³/mol. The third-order valence-corrected chi connectivity index (χ3v) is 5.86. The van der Waals surface area contributed by atoms with E-state index in [2.05, 4.69) is 0 Å². The molecule has 2 N–H and O–H groups in total. The number of nitrogens with zero attached hydrogens (tertiary/aromatic N) is 2. The number of rotatable bonds is 8. The van der Waals surface area contributed by atoms with Crippen LogP contribution in [0, 0.1) is 5.82 Å². The van der Waals surface area contributed by atoms with Gasteiger partial charge in [-0.3, -0.25) is 9.69 Å². The lowest BCUT2D eigenvalue weighted by atomic mass is 9.79. The molecule has 8 nitrogen and oxygen atoms in total. The van der Waals surface area contributed by atoms with Gasteiger partial charge < -0.3 is 24.4 Å². The zero-order chi connectivity index (χ0) is 23.4. The molecule has 2 heterocycles. The first-order valence-electron chi connectivity index (χ1n) is 11.0. The van der Waals surface area contributed by atoms with Crippen LogP contribution in [0.15, 0.2) is 42.5 Å². The van der Waals surface area contributed by atoms with Gasteiger partial charge in [0.1, 0.15) is 17.7 Å². The van der Waals surface area contributed by atoms with Gasteiger partial charge in [0.2, 0.25) is 0 Å². The fourth-order valence-electron chi connectivity index (χ4n) is 4.11. The maximum Gasteiger partial charge on any atom is 0.488 e. The molecule has 0 bridgehead atoms. The van der Waals surface area contributed by atoms with E-state index in [9.17, 15) is 24.0 Å². The Balaban J connectivity index is 1.31. The van der Waals surface area contributed by atoms with Crippen LogP contribution in [0.5, 0.6) is 0 Å². The van der Waals surface area contributed by atoms with Crippen LogP contribution in [0.3, 0.4) is 0 Å². The van der Waals surface area contributed by atoms with Gasteiger partial charge in [-0.05, 0) is 35.6 Å². The van der Waals surface area contributed by atoms with Crippen molar-refractivity contribution in [2.24, 2.45) is 0 Å². The van der Waals surface area contributed by atoms with Crippen LogP contribution in [0.25, 0.3) is 0 Å². The Hall–Kier alpha value is -2.95. The average Bonchev–Trinajstić information content (AvgIpc) is 3.19. The molecular weight excluding hydrogens is 430 g/mol. The fraction of sp³-hybridized carbons (Fsp3) is 0.391. The number of carbonyl (C=O) groups excluding carboxylic acids is 2. The summed E-state index contributed by atoms with van der Waals surface area (Å²) in [6.07, 6.45) is -0.302. The number of carbonyl (C=O) groups is 2. The van der Waals surface area contributed by atoms with E-state index in [1.54, 1.807) is 36.4 Å². The van der Waals surface area contributed by atoms with Crippen molar-refractivity contribution in [3.8, 4) is 0 Å². The number of cyclic esters (lactones) is 1. The van der Waals surface area contributed by atoms with Gasteiger partial charge in [-0.2, -0.15) is 0 Å². The molecule has 2 aliphatic heterocycles. The highest BCUT2D eigenvalue weighted by molar-refractivity contribution is 6.58. The Morgan fingerprint density at radius 3 is 2.67 bits per heavy atom. The number of morpholine rings is 1. The topological polar surface area (TPSA) is 99.5 Å². The number of hydrogen-bond acceptors (Lipinski definition) is 7. The van der Waals surface area contributed by atoms with Crippen LogP contribution in [0.2, 0.25) is 0 Å². The Kier molecular flexibility index (Phi) is 7.27. The van der Waals surface area contributed by atoms with Crippen molar-refractivity contribution < 1.29 is 33.5 Å². The summed E-state index contributed by atoms with van der Waals surface area (Å²) in [6, 6.07) is 11.3. The lowest BCUT2D eigenvalue weighted by Gasteiger charge is -2.29. The van der Waals surface area contributed by atoms with Crippen LogP contribution in [0.4, 0.5) is 20.6 Å². The second kappa shape index (κ2) is 10.3. The Morgan fingerprint density at radius 2 is 1.94 bits per heavy atom.